The molecule has 0 amide bonds. The van der Waals surface area contributed by atoms with Crippen molar-refractivity contribution in [3.63, 3.8) is 0 Å². The van der Waals surface area contributed by atoms with Gasteiger partial charge in [-0.3, -0.25) is 15.5 Å². The zero-order valence-electron chi connectivity index (χ0n) is 16.8. The molecule has 0 heterocycles. The van der Waals surface area contributed by atoms with Gasteiger partial charge in [-0.05, 0) is 41.5 Å². The van der Waals surface area contributed by atoms with Crippen molar-refractivity contribution in [3.05, 3.63) is 93.5 Å². The van der Waals surface area contributed by atoms with Gasteiger partial charge in [-0.25, -0.2) is 0 Å². The van der Waals surface area contributed by atoms with Crippen LogP contribution in [0.5, 0.6) is 11.5 Å². The molecule has 0 aliphatic rings. The lowest BCUT2D eigenvalue weighted by Gasteiger charge is -2.11. The van der Waals surface area contributed by atoms with Crippen molar-refractivity contribution in [2.45, 2.75) is 12.8 Å². The molecule has 3 aromatic carbocycles. The molecule has 0 radical (unpaired) electrons. The average molecular weight is 445 g/mol. The SMILES string of the molecule is COc1cc(/C=N\Nc2ccc(C(F)(F)F)cc2[N+](=O)[O-])ccc1OCc1ccccc1. The Morgan fingerprint density at radius 1 is 1.06 bits per heavy atom. The number of hydrazone groups is 1. The van der Waals surface area contributed by atoms with Crippen molar-refractivity contribution in [1.82, 2.24) is 0 Å². The summed E-state index contributed by atoms with van der Waals surface area (Å²) in [5, 5.41) is 15.0. The number of rotatable bonds is 8. The van der Waals surface area contributed by atoms with Crippen LogP contribution in [-0.2, 0) is 12.8 Å². The van der Waals surface area contributed by atoms with Gasteiger partial charge >= 0.3 is 6.18 Å². The molecular weight excluding hydrogens is 427 g/mol. The molecule has 1 N–H and O–H groups in total. The summed E-state index contributed by atoms with van der Waals surface area (Å²) in [6.45, 7) is 0.351. The van der Waals surface area contributed by atoms with Crippen LogP contribution < -0.4 is 14.9 Å². The van der Waals surface area contributed by atoms with E-state index in [1.165, 1.54) is 13.3 Å². The van der Waals surface area contributed by atoms with Gasteiger partial charge < -0.3 is 9.47 Å². The molecule has 0 unspecified atom stereocenters. The van der Waals surface area contributed by atoms with Gasteiger partial charge in [0.2, 0.25) is 0 Å². The van der Waals surface area contributed by atoms with E-state index in [1.54, 1.807) is 18.2 Å². The predicted octanol–water partition coefficient (Wildman–Crippen LogP) is 5.65. The van der Waals surface area contributed by atoms with E-state index in [0.29, 0.717) is 29.7 Å². The lowest BCUT2D eigenvalue weighted by atomic mass is 10.1. The largest absolute Gasteiger partial charge is 0.493 e. The van der Waals surface area contributed by atoms with Gasteiger partial charge in [0.15, 0.2) is 11.5 Å². The highest BCUT2D eigenvalue weighted by Crippen LogP contribution is 2.35. The number of nitrogens with zero attached hydrogens (tertiary/aromatic N) is 2. The van der Waals surface area contributed by atoms with Crippen LogP contribution in [0.2, 0.25) is 0 Å². The maximum Gasteiger partial charge on any atom is 0.416 e. The van der Waals surface area contributed by atoms with Gasteiger partial charge in [0.1, 0.15) is 12.3 Å². The second-order valence-electron chi connectivity index (χ2n) is 6.54. The molecule has 0 atom stereocenters. The highest BCUT2D eigenvalue weighted by Gasteiger charge is 2.33. The fourth-order valence-corrected chi connectivity index (χ4v) is 2.75. The first-order valence-electron chi connectivity index (χ1n) is 9.27. The molecule has 32 heavy (non-hydrogen) atoms. The number of hydrogen-bond acceptors (Lipinski definition) is 6. The molecule has 7 nitrogen and oxygen atoms in total. The third kappa shape index (κ3) is 5.75. The minimum Gasteiger partial charge on any atom is -0.493 e. The molecule has 0 spiro atoms. The van der Waals surface area contributed by atoms with E-state index in [9.17, 15) is 23.3 Å². The number of methoxy groups -OCH3 is 1. The number of halogens is 3. The number of nitro groups is 1. The molecule has 0 fully saturated rings. The zero-order chi connectivity index (χ0) is 23.1. The van der Waals surface area contributed by atoms with E-state index in [4.69, 9.17) is 9.47 Å². The summed E-state index contributed by atoms with van der Waals surface area (Å²) in [6.07, 6.45) is -3.33. The highest BCUT2D eigenvalue weighted by atomic mass is 19.4. The normalized spacial score (nSPS) is 11.4. The Hall–Kier alpha value is -4.08. The lowest BCUT2D eigenvalue weighted by molar-refractivity contribution is -0.384. The standard InChI is InChI=1S/C22H18F3N3O4/c1-31-21-11-16(7-10-20(21)32-14-15-5-3-2-4-6-15)13-26-27-18-9-8-17(22(23,24)25)12-19(18)28(29)30/h2-13,27H,14H2,1H3/b26-13-. The van der Waals surface area contributed by atoms with E-state index in [1.807, 2.05) is 30.3 Å². The van der Waals surface area contributed by atoms with E-state index in [2.05, 4.69) is 10.5 Å². The van der Waals surface area contributed by atoms with Crippen molar-refractivity contribution in [2.24, 2.45) is 5.10 Å². The highest BCUT2D eigenvalue weighted by molar-refractivity contribution is 5.82. The van der Waals surface area contributed by atoms with Crippen LogP contribution in [0, 0.1) is 10.1 Å². The van der Waals surface area contributed by atoms with Crippen LogP contribution in [-0.4, -0.2) is 18.2 Å². The molecule has 0 saturated carbocycles. The number of hydrogen-bond donors (Lipinski definition) is 1. The minimum atomic E-state index is -4.69. The second kappa shape index (κ2) is 9.82. The Bertz CT molecular complexity index is 1120. The molecular formula is C22H18F3N3O4. The lowest BCUT2D eigenvalue weighted by Crippen LogP contribution is -2.06. The summed E-state index contributed by atoms with van der Waals surface area (Å²) < 4.78 is 49.5. The van der Waals surface area contributed by atoms with Crippen molar-refractivity contribution < 1.29 is 27.6 Å². The molecule has 0 saturated heterocycles. The Morgan fingerprint density at radius 2 is 1.81 bits per heavy atom. The first-order valence-corrected chi connectivity index (χ1v) is 9.27. The van der Waals surface area contributed by atoms with Crippen molar-refractivity contribution in [3.8, 4) is 11.5 Å². The van der Waals surface area contributed by atoms with Crippen LogP contribution in [0.1, 0.15) is 16.7 Å². The number of ether oxygens (including phenoxy) is 2. The number of anilines is 1. The van der Waals surface area contributed by atoms with Crippen LogP contribution in [0.25, 0.3) is 0 Å². The number of alkyl halides is 3. The van der Waals surface area contributed by atoms with E-state index in [-0.39, 0.29) is 5.69 Å². The van der Waals surface area contributed by atoms with Gasteiger partial charge in [-0.2, -0.15) is 18.3 Å². The van der Waals surface area contributed by atoms with Gasteiger partial charge in [0, 0.05) is 6.07 Å². The van der Waals surface area contributed by atoms with Crippen LogP contribution in [0.15, 0.2) is 71.8 Å². The summed E-state index contributed by atoms with van der Waals surface area (Å²) >= 11 is 0. The Labute approximate surface area is 181 Å². The molecule has 0 aliphatic carbocycles. The van der Waals surface area contributed by atoms with Crippen molar-refractivity contribution in [1.29, 1.82) is 0 Å². The van der Waals surface area contributed by atoms with Gasteiger partial charge in [0.25, 0.3) is 5.69 Å². The maximum atomic E-state index is 12.8. The zero-order valence-corrected chi connectivity index (χ0v) is 16.8. The van der Waals surface area contributed by atoms with E-state index in [0.717, 1.165) is 17.7 Å². The number of nitrogens with one attached hydrogen (secondary N) is 1. The Balaban J connectivity index is 1.72. The average Bonchev–Trinajstić information content (AvgIpc) is 2.78. The summed E-state index contributed by atoms with van der Waals surface area (Å²) in [4.78, 5) is 10.2. The first-order chi connectivity index (χ1) is 15.3. The molecule has 10 heteroatoms. The molecule has 0 aromatic heterocycles. The predicted molar refractivity (Wildman–Crippen MR) is 113 cm³/mol. The third-order valence-corrected chi connectivity index (χ3v) is 4.35. The van der Waals surface area contributed by atoms with Crippen LogP contribution in [0.4, 0.5) is 24.5 Å². The number of benzene rings is 3. The second-order valence-corrected chi connectivity index (χ2v) is 6.54. The molecule has 0 aliphatic heterocycles. The third-order valence-electron chi connectivity index (χ3n) is 4.35. The smallest absolute Gasteiger partial charge is 0.416 e. The first kappa shape index (κ1) is 22.6. The Kier molecular flexibility index (Phi) is 6.93. The van der Waals surface area contributed by atoms with Crippen molar-refractivity contribution >= 4 is 17.6 Å². The van der Waals surface area contributed by atoms with Crippen LogP contribution in [0.3, 0.4) is 0 Å². The fourth-order valence-electron chi connectivity index (χ4n) is 2.75. The van der Waals surface area contributed by atoms with Gasteiger partial charge in [-0.1, -0.05) is 30.3 Å². The van der Waals surface area contributed by atoms with Gasteiger partial charge in [-0.15, -0.1) is 0 Å². The molecule has 3 aromatic rings. The summed E-state index contributed by atoms with van der Waals surface area (Å²) in [5.74, 6) is 0.963. The number of nitro benzene ring substituents is 1. The van der Waals surface area contributed by atoms with E-state index < -0.39 is 22.4 Å². The topological polar surface area (TPSA) is 86.0 Å². The Morgan fingerprint density at radius 3 is 2.47 bits per heavy atom. The summed E-state index contributed by atoms with van der Waals surface area (Å²) in [6, 6.07) is 16.8. The van der Waals surface area contributed by atoms with Crippen molar-refractivity contribution in [2.75, 3.05) is 12.5 Å². The van der Waals surface area contributed by atoms with Crippen LogP contribution >= 0.6 is 0 Å². The molecule has 0 bridgehead atoms. The maximum absolute atomic E-state index is 12.8. The minimum absolute atomic E-state index is 0.172. The molecule has 3 rings (SSSR count). The fraction of sp³-hybridized carbons (Fsp3) is 0.136. The monoisotopic (exact) mass is 445 g/mol. The molecule has 166 valence electrons. The quantitative estimate of drug-likeness (QED) is 0.275. The van der Waals surface area contributed by atoms with Gasteiger partial charge in [0.05, 0.1) is 23.8 Å². The van der Waals surface area contributed by atoms with E-state index >= 15 is 0 Å². The summed E-state index contributed by atoms with van der Waals surface area (Å²) in [5.41, 5.74) is 1.95. The summed E-state index contributed by atoms with van der Waals surface area (Å²) in [7, 11) is 1.48.